The van der Waals surface area contributed by atoms with Crippen molar-refractivity contribution in [2.75, 3.05) is 6.61 Å². The zero-order valence-corrected chi connectivity index (χ0v) is 13.2. The Morgan fingerprint density at radius 1 is 1.12 bits per heavy atom. The number of aromatic amines is 1. The first-order valence-electron chi connectivity index (χ1n) is 8.11. The van der Waals surface area contributed by atoms with Crippen LogP contribution < -0.4 is 4.74 Å². The lowest BCUT2D eigenvalue weighted by atomic mass is 10.0. The molecule has 0 fully saturated rings. The predicted octanol–water partition coefficient (Wildman–Crippen LogP) is 4.02. The standard InChI is InChI=1S/C20H14N2O3/c23-20(24)16-10-14-13-3-1-2-4-15(13)21-19(14)18(22-16)12-5-6-17-11(9-12)7-8-25-17/h1-6,9-10,21H,7-8H2,(H,23,24). The van der Waals surface area contributed by atoms with Gasteiger partial charge in [0.2, 0.25) is 0 Å². The lowest BCUT2D eigenvalue weighted by molar-refractivity contribution is 0.0691. The van der Waals surface area contributed by atoms with Gasteiger partial charge in [-0.3, -0.25) is 0 Å². The highest BCUT2D eigenvalue weighted by Gasteiger charge is 2.18. The lowest BCUT2D eigenvalue weighted by Crippen LogP contribution is -2.01. The molecule has 0 aliphatic carbocycles. The Morgan fingerprint density at radius 2 is 2.00 bits per heavy atom. The summed E-state index contributed by atoms with van der Waals surface area (Å²) in [6.07, 6.45) is 0.859. The molecule has 122 valence electrons. The number of H-pyrrole nitrogens is 1. The van der Waals surface area contributed by atoms with Crippen molar-refractivity contribution in [3.05, 3.63) is 59.8 Å². The molecular weight excluding hydrogens is 316 g/mol. The maximum absolute atomic E-state index is 11.6. The number of para-hydroxylation sites is 1. The second-order valence-corrected chi connectivity index (χ2v) is 6.18. The van der Waals surface area contributed by atoms with E-state index in [1.54, 1.807) is 6.07 Å². The van der Waals surface area contributed by atoms with Gasteiger partial charge in [-0.2, -0.15) is 0 Å². The minimum atomic E-state index is -1.03. The molecule has 0 radical (unpaired) electrons. The number of ether oxygens (including phenoxy) is 1. The predicted molar refractivity (Wildman–Crippen MR) is 95.2 cm³/mol. The number of benzene rings is 2. The summed E-state index contributed by atoms with van der Waals surface area (Å²) in [5.74, 6) is -0.135. The zero-order chi connectivity index (χ0) is 17.0. The first-order valence-corrected chi connectivity index (χ1v) is 8.11. The largest absolute Gasteiger partial charge is 0.493 e. The van der Waals surface area contributed by atoms with Gasteiger partial charge < -0.3 is 14.8 Å². The molecule has 25 heavy (non-hydrogen) atoms. The number of carboxylic acid groups (broad SMARTS) is 1. The van der Waals surface area contributed by atoms with Crippen molar-refractivity contribution in [1.29, 1.82) is 0 Å². The van der Waals surface area contributed by atoms with E-state index in [-0.39, 0.29) is 5.69 Å². The number of carbonyl (C=O) groups is 1. The average Bonchev–Trinajstić information content (AvgIpc) is 3.24. The first-order chi connectivity index (χ1) is 12.2. The van der Waals surface area contributed by atoms with Gasteiger partial charge in [-0.15, -0.1) is 0 Å². The second-order valence-electron chi connectivity index (χ2n) is 6.18. The molecule has 5 rings (SSSR count). The number of hydrogen-bond donors (Lipinski definition) is 2. The molecule has 5 nitrogen and oxygen atoms in total. The van der Waals surface area contributed by atoms with Crippen LogP contribution in [0, 0.1) is 0 Å². The monoisotopic (exact) mass is 330 g/mol. The van der Waals surface area contributed by atoms with Crippen molar-refractivity contribution in [3.8, 4) is 17.0 Å². The molecule has 4 aromatic rings. The summed E-state index contributed by atoms with van der Waals surface area (Å²) in [4.78, 5) is 19.4. The van der Waals surface area contributed by atoms with Gasteiger partial charge >= 0.3 is 5.97 Å². The lowest BCUT2D eigenvalue weighted by Gasteiger charge is -2.07. The molecule has 5 heteroatoms. The highest BCUT2D eigenvalue weighted by molar-refractivity contribution is 6.12. The Labute approximate surface area is 142 Å². The summed E-state index contributed by atoms with van der Waals surface area (Å²) < 4.78 is 5.56. The van der Waals surface area contributed by atoms with Crippen molar-refractivity contribution in [2.45, 2.75) is 6.42 Å². The highest BCUT2D eigenvalue weighted by Crippen LogP contribution is 2.35. The fourth-order valence-corrected chi connectivity index (χ4v) is 3.50. The van der Waals surface area contributed by atoms with Crippen molar-refractivity contribution in [1.82, 2.24) is 9.97 Å². The fourth-order valence-electron chi connectivity index (χ4n) is 3.50. The van der Waals surface area contributed by atoms with E-state index in [1.807, 2.05) is 42.5 Å². The Morgan fingerprint density at radius 3 is 2.88 bits per heavy atom. The van der Waals surface area contributed by atoms with Crippen LogP contribution in [-0.2, 0) is 6.42 Å². The van der Waals surface area contributed by atoms with Crippen LogP contribution in [0.1, 0.15) is 16.1 Å². The number of pyridine rings is 1. The van der Waals surface area contributed by atoms with E-state index in [4.69, 9.17) is 4.74 Å². The third kappa shape index (κ3) is 2.09. The van der Waals surface area contributed by atoms with Crippen molar-refractivity contribution < 1.29 is 14.6 Å². The number of nitrogens with one attached hydrogen (secondary N) is 1. The summed E-state index contributed by atoms with van der Waals surface area (Å²) in [6, 6.07) is 15.4. The van der Waals surface area contributed by atoms with Crippen LogP contribution in [0.5, 0.6) is 5.75 Å². The number of carboxylic acids is 1. The van der Waals surface area contributed by atoms with Crippen molar-refractivity contribution in [3.63, 3.8) is 0 Å². The van der Waals surface area contributed by atoms with Gasteiger partial charge in [0.25, 0.3) is 0 Å². The minimum Gasteiger partial charge on any atom is -0.493 e. The third-order valence-corrected chi connectivity index (χ3v) is 4.68. The Hall–Kier alpha value is -3.34. The van der Waals surface area contributed by atoms with Gasteiger partial charge in [0, 0.05) is 28.3 Å². The molecule has 2 N–H and O–H groups in total. The Kier molecular flexibility index (Phi) is 2.85. The van der Waals surface area contributed by atoms with Crippen molar-refractivity contribution >= 4 is 27.8 Å². The summed E-state index contributed by atoms with van der Waals surface area (Å²) in [7, 11) is 0. The smallest absolute Gasteiger partial charge is 0.354 e. The van der Waals surface area contributed by atoms with E-state index in [9.17, 15) is 9.90 Å². The van der Waals surface area contributed by atoms with E-state index in [0.29, 0.717) is 12.3 Å². The molecule has 0 amide bonds. The van der Waals surface area contributed by atoms with Gasteiger partial charge in [-0.05, 0) is 35.9 Å². The number of fused-ring (bicyclic) bond motifs is 4. The number of hydrogen-bond acceptors (Lipinski definition) is 3. The molecule has 0 saturated heterocycles. The summed E-state index contributed by atoms with van der Waals surface area (Å²) in [5, 5.41) is 11.4. The minimum absolute atomic E-state index is 0.0454. The number of aromatic nitrogens is 2. The molecule has 0 unspecified atom stereocenters. The maximum Gasteiger partial charge on any atom is 0.354 e. The van der Waals surface area contributed by atoms with Gasteiger partial charge in [0.15, 0.2) is 0 Å². The topological polar surface area (TPSA) is 75.2 Å². The zero-order valence-electron chi connectivity index (χ0n) is 13.2. The maximum atomic E-state index is 11.6. The molecule has 0 spiro atoms. The van der Waals surface area contributed by atoms with Crippen LogP contribution in [0.25, 0.3) is 33.1 Å². The van der Waals surface area contributed by atoms with E-state index >= 15 is 0 Å². The van der Waals surface area contributed by atoms with Gasteiger partial charge in [-0.25, -0.2) is 9.78 Å². The molecule has 3 heterocycles. The van der Waals surface area contributed by atoms with Crippen LogP contribution in [0.3, 0.4) is 0 Å². The molecule has 0 atom stereocenters. The van der Waals surface area contributed by atoms with Crippen LogP contribution in [-0.4, -0.2) is 27.7 Å². The quantitative estimate of drug-likeness (QED) is 0.582. The van der Waals surface area contributed by atoms with E-state index in [2.05, 4.69) is 9.97 Å². The third-order valence-electron chi connectivity index (χ3n) is 4.68. The normalized spacial score (nSPS) is 13.1. The molecule has 1 aliphatic heterocycles. The molecule has 0 saturated carbocycles. The van der Waals surface area contributed by atoms with Crippen LogP contribution >= 0.6 is 0 Å². The molecular formula is C20H14N2O3. The molecule has 2 aromatic carbocycles. The van der Waals surface area contributed by atoms with Crippen LogP contribution in [0.15, 0.2) is 48.5 Å². The Balaban J connectivity index is 1.85. The SMILES string of the molecule is O=C(O)c1cc2c([nH]c3ccccc32)c(-c2ccc3c(c2)CCO3)n1. The summed E-state index contributed by atoms with van der Waals surface area (Å²) >= 11 is 0. The average molecular weight is 330 g/mol. The highest BCUT2D eigenvalue weighted by atomic mass is 16.5. The van der Waals surface area contributed by atoms with E-state index in [0.717, 1.165) is 45.1 Å². The first kappa shape index (κ1) is 14.0. The van der Waals surface area contributed by atoms with Gasteiger partial charge in [-0.1, -0.05) is 18.2 Å². The van der Waals surface area contributed by atoms with Crippen LogP contribution in [0.2, 0.25) is 0 Å². The second kappa shape index (κ2) is 5.08. The van der Waals surface area contributed by atoms with Crippen LogP contribution in [0.4, 0.5) is 0 Å². The fraction of sp³-hybridized carbons (Fsp3) is 0.100. The van der Waals surface area contributed by atoms with E-state index < -0.39 is 5.97 Å². The van der Waals surface area contributed by atoms with Gasteiger partial charge in [0.1, 0.15) is 11.4 Å². The summed E-state index contributed by atoms with van der Waals surface area (Å²) in [5.41, 5.74) is 4.54. The van der Waals surface area contributed by atoms with Gasteiger partial charge in [0.05, 0.1) is 17.8 Å². The molecule has 1 aliphatic rings. The molecule has 2 aromatic heterocycles. The van der Waals surface area contributed by atoms with Crippen molar-refractivity contribution in [2.24, 2.45) is 0 Å². The number of aromatic carboxylic acids is 1. The Bertz CT molecular complexity index is 1160. The summed E-state index contributed by atoms with van der Waals surface area (Å²) in [6.45, 7) is 0.684. The number of rotatable bonds is 2. The molecule has 0 bridgehead atoms. The van der Waals surface area contributed by atoms with E-state index in [1.165, 1.54) is 0 Å². The number of nitrogens with zero attached hydrogens (tertiary/aromatic N) is 1.